The van der Waals surface area contributed by atoms with Crippen LogP contribution in [0.1, 0.15) is 35.3 Å². The van der Waals surface area contributed by atoms with Gasteiger partial charge in [0.2, 0.25) is 0 Å². The fourth-order valence-corrected chi connectivity index (χ4v) is 4.13. The molecule has 2 aromatic carbocycles. The lowest BCUT2D eigenvalue weighted by molar-refractivity contribution is -0.279. The first-order valence-electron chi connectivity index (χ1n) is 8.96. The number of hydrogen-bond acceptors (Lipinski definition) is 5. The number of carbonyl (C=O) groups is 2. The van der Waals surface area contributed by atoms with Gasteiger partial charge in [-0.3, -0.25) is 4.79 Å². The molecular formula is C21H17F3O5. The fraction of sp³-hybridized carbons (Fsp3) is 0.333. The van der Waals surface area contributed by atoms with Crippen LogP contribution in [0, 0.1) is 5.92 Å². The van der Waals surface area contributed by atoms with E-state index in [0.717, 1.165) is 19.2 Å². The Morgan fingerprint density at radius 2 is 1.66 bits per heavy atom. The van der Waals surface area contributed by atoms with Crippen molar-refractivity contribution in [2.45, 2.75) is 30.4 Å². The molecule has 0 unspecified atom stereocenters. The molecule has 1 heterocycles. The molecule has 1 fully saturated rings. The van der Waals surface area contributed by atoms with Crippen LogP contribution in [0.15, 0.2) is 54.6 Å². The van der Waals surface area contributed by atoms with Crippen LogP contribution in [0.2, 0.25) is 0 Å². The van der Waals surface area contributed by atoms with Crippen molar-refractivity contribution in [3.63, 3.8) is 0 Å². The zero-order valence-electron chi connectivity index (χ0n) is 15.3. The van der Waals surface area contributed by atoms with Crippen LogP contribution in [-0.2, 0) is 29.4 Å². The van der Waals surface area contributed by atoms with E-state index in [4.69, 9.17) is 14.2 Å². The summed E-state index contributed by atoms with van der Waals surface area (Å²) in [6, 6.07) is 13.4. The Bertz CT molecular complexity index is 943. The first-order chi connectivity index (χ1) is 13.8. The highest BCUT2D eigenvalue weighted by molar-refractivity contribution is 5.83. The van der Waals surface area contributed by atoms with Gasteiger partial charge >= 0.3 is 18.1 Å². The van der Waals surface area contributed by atoms with E-state index in [1.165, 1.54) is 18.2 Å². The number of carbonyl (C=O) groups excluding carboxylic acids is 2. The molecule has 8 heteroatoms. The zero-order valence-corrected chi connectivity index (χ0v) is 15.3. The number of halogens is 3. The molecule has 5 nitrogen and oxygen atoms in total. The molecule has 1 aliphatic carbocycles. The number of esters is 2. The van der Waals surface area contributed by atoms with Crippen molar-refractivity contribution < 1.29 is 37.0 Å². The van der Waals surface area contributed by atoms with E-state index in [9.17, 15) is 22.8 Å². The number of hydrogen-bond donors (Lipinski definition) is 0. The van der Waals surface area contributed by atoms with Crippen molar-refractivity contribution in [3.05, 3.63) is 71.3 Å². The Morgan fingerprint density at radius 1 is 1.03 bits per heavy atom. The predicted molar refractivity (Wildman–Crippen MR) is 93.4 cm³/mol. The summed E-state index contributed by atoms with van der Waals surface area (Å²) in [4.78, 5) is 24.8. The van der Waals surface area contributed by atoms with Crippen molar-refractivity contribution >= 4 is 11.9 Å². The molecule has 1 saturated heterocycles. The summed E-state index contributed by atoms with van der Waals surface area (Å²) in [6.07, 6.45) is -6.80. The third kappa shape index (κ3) is 2.90. The summed E-state index contributed by atoms with van der Waals surface area (Å²) in [5, 5.41) is 0. The smallest absolute Gasteiger partial charge is 0.432 e. The van der Waals surface area contributed by atoms with Gasteiger partial charge in [0.1, 0.15) is 12.2 Å². The third-order valence-electron chi connectivity index (χ3n) is 5.45. The van der Waals surface area contributed by atoms with Crippen molar-refractivity contribution in [1.82, 2.24) is 0 Å². The van der Waals surface area contributed by atoms with Crippen LogP contribution in [0.5, 0.6) is 0 Å². The van der Waals surface area contributed by atoms with Crippen LogP contribution < -0.4 is 0 Å². The van der Waals surface area contributed by atoms with Gasteiger partial charge in [0.25, 0.3) is 5.60 Å². The highest BCUT2D eigenvalue weighted by Gasteiger charge is 2.65. The largest absolute Gasteiger partial charge is 0.457 e. The van der Waals surface area contributed by atoms with Gasteiger partial charge in [-0.15, -0.1) is 0 Å². The Labute approximate surface area is 164 Å². The van der Waals surface area contributed by atoms with Gasteiger partial charge < -0.3 is 14.2 Å². The Kier molecular flexibility index (Phi) is 4.61. The monoisotopic (exact) mass is 406 g/mol. The number of rotatable bonds is 4. The average molecular weight is 406 g/mol. The van der Waals surface area contributed by atoms with E-state index in [2.05, 4.69) is 0 Å². The molecule has 0 saturated carbocycles. The Hall–Kier alpha value is -2.87. The summed E-state index contributed by atoms with van der Waals surface area (Å²) >= 11 is 0. The van der Waals surface area contributed by atoms with Crippen molar-refractivity contribution in [3.8, 4) is 0 Å². The maximum absolute atomic E-state index is 14.1. The zero-order chi connectivity index (χ0) is 20.8. The minimum absolute atomic E-state index is 0.0470. The lowest BCUT2D eigenvalue weighted by Crippen LogP contribution is -2.52. The molecule has 2 aromatic rings. The molecule has 152 valence electrons. The number of alkyl halides is 3. The van der Waals surface area contributed by atoms with E-state index in [1.807, 2.05) is 0 Å². The van der Waals surface area contributed by atoms with Gasteiger partial charge in [0, 0.05) is 12.7 Å². The molecule has 4 atom stereocenters. The van der Waals surface area contributed by atoms with Crippen molar-refractivity contribution in [1.29, 1.82) is 0 Å². The summed E-state index contributed by atoms with van der Waals surface area (Å²) < 4.78 is 57.8. The van der Waals surface area contributed by atoms with Gasteiger partial charge in [-0.1, -0.05) is 54.6 Å². The third-order valence-corrected chi connectivity index (χ3v) is 5.45. The lowest BCUT2D eigenvalue weighted by Gasteiger charge is -2.34. The molecule has 2 aliphatic rings. The normalized spacial score (nSPS) is 25.0. The first kappa shape index (κ1) is 19.4. The molecule has 0 bridgehead atoms. The van der Waals surface area contributed by atoms with Gasteiger partial charge in [-0.25, -0.2) is 4.79 Å². The maximum Gasteiger partial charge on any atom is 0.432 e. The molecule has 0 spiro atoms. The van der Waals surface area contributed by atoms with E-state index < -0.39 is 41.8 Å². The Balaban J connectivity index is 1.74. The van der Waals surface area contributed by atoms with Gasteiger partial charge in [0.05, 0.1) is 12.3 Å². The second kappa shape index (κ2) is 6.88. The molecule has 0 N–H and O–H groups in total. The Morgan fingerprint density at radius 3 is 2.28 bits per heavy atom. The van der Waals surface area contributed by atoms with Crippen LogP contribution in [0.4, 0.5) is 13.2 Å². The van der Waals surface area contributed by atoms with Crippen LogP contribution in [-0.4, -0.2) is 25.2 Å². The molecule has 4 rings (SSSR count). The summed E-state index contributed by atoms with van der Waals surface area (Å²) in [5.74, 6) is -2.65. The lowest BCUT2D eigenvalue weighted by atomic mass is 9.92. The predicted octanol–water partition coefficient (Wildman–Crippen LogP) is 3.99. The first-order valence-corrected chi connectivity index (χ1v) is 8.96. The highest BCUT2D eigenvalue weighted by Crippen LogP contribution is 2.54. The molecule has 0 amide bonds. The highest BCUT2D eigenvalue weighted by atomic mass is 19.4. The van der Waals surface area contributed by atoms with Gasteiger partial charge in [-0.2, -0.15) is 13.2 Å². The second-order valence-electron chi connectivity index (χ2n) is 6.98. The maximum atomic E-state index is 14.1. The molecule has 29 heavy (non-hydrogen) atoms. The van der Waals surface area contributed by atoms with Crippen LogP contribution >= 0.6 is 0 Å². The summed E-state index contributed by atoms with van der Waals surface area (Å²) in [7, 11) is 0.815. The number of fused-ring (bicyclic) bond motifs is 3. The summed E-state index contributed by atoms with van der Waals surface area (Å²) in [5.41, 5.74) is -2.51. The van der Waals surface area contributed by atoms with Gasteiger partial charge in [-0.05, 0) is 11.1 Å². The number of ether oxygens (including phenoxy) is 3. The van der Waals surface area contributed by atoms with Crippen LogP contribution in [0.25, 0.3) is 0 Å². The van der Waals surface area contributed by atoms with E-state index in [0.29, 0.717) is 11.1 Å². The second-order valence-corrected chi connectivity index (χ2v) is 6.98. The molecule has 1 aliphatic heterocycles. The van der Waals surface area contributed by atoms with Gasteiger partial charge in [0.15, 0.2) is 0 Å². The standard InChI is InChI=1S/C21H17F3O5/c1-27-20(21(22,23)24,12-7-3-2-4-8-12)19(26)29-18-14-10-6-5-9-13(14)17-15(18)11-16(25)28-17/h2-10,15,17-18H,11H2,1H3/t15-,17-,18+,20+/m0/s1. The molecular weight excluding hydrogens is 389 g/mol. The SMILES string of the molecule is CO[C@@](C(=O)O[C@@H]1c2ccccc2[C@@H]2OC(=O)C[C@H]12)(c1ccccc1)C(F)(F)F. The van der Waals surface area contributed by atoms with Crippen LogP contribution in [0.3, 0.4) is 0 Å². The van der Waals surface area contributed by atoms with Crippen molar-refractivity contribution in [2.75, 3.05) is 7.11 Å². The minimum atomic E-state index is -5.07. The van der Waals surface area contributed by atoms with E-state index >= 15 is 0 Å². The number of benzene rings is 2. The minimum Gasteiger partial charge on any atom is -0.457 e. The van der Waals surface area contributed by atoms with E-state index in [1.54, 1.807) is 24.3 Å². The fourth-order valence-electron chi connectivity index (χ4n) is 4.13. The molecule has 0 aromatic heterocycles. The summed E-state index contributed by atoms with van der Waals surface area (Å²) in [6.45, 7) is 0. The molecule has 0 radical (unpaired) electrons. The average Bonchev–Trinajstić information content (AvgIpc) is 3.19. The quantitative estimate of drug-likeness (QED) is 0.719. The topological polar surface area (TPSA) is 61.8 Å². The van der Waals surface area contributed by atoms with E-state index in [-0.39, 0.29) is 12.0 Å². The van der Waals surface area contributed by atoms with Crippen molar-refractivity contribution in [2.24, 2.45) is 5.92 Å². The number of methoxy groups -OCH3 is 1.